The molecule has 0 aromatic heterocycles. The van der Waals surface area contributed by atoms with Crippen molar-refractivity contribution in [3.05, 3.63) is 59.7 Å². The van der Waals surface area contributed by atoms with E-state index < -0.39 is 5.97 Å². The molecule has 0 atom stereocenters. The lowest BCUT2D eigenvalue weighted by molar-refractivity contribution is 0.0600. The predicted octanol–water partition coefficient (Wildman–Crippen LogP) is 3.95. The third kappa shape index (κ3) is 4.44. The number of anilines is 2. The number of carbonyl (C=O) groups is 2. The predicted molar refractivity (Wildman–Crippen MR) is 111 cm³/mol. The van der Waals surface area contributed by atoms with Crippen LogP contribution in [0.5, 0.6) is 0 Å². The van der Waals surface area contributed by atoms with E-state index >= 15 is 0 Å². The highest BCUT2D eigenvalue weighted by Crippen LogP contribution is 2.28. The molecule has 1 aliphatic heterocycles. The number of para-hydroxylation sites is 1. The number of carbonyl (C=O) groups excluding carboxylic acids is 2. The van der Waals surface area contributed by atoms with E-state index in [1.54, 1.807) is 24.3 Å². The highest BCUT2D eigenvalue weighted by atomic mass is 16.5. The Balaban J connectivity index is 1.58. The molecule has 6 nitrogen and oxygen atoms in total. The number of rotatable bonds is 4. The van der Waals surface area contributed by atoms with Gasteiger partial charge in [-0.15, -0.1) is 0 Å². The van der Waals surface area contributed by atoms with E-state index in [1.165, 1.54) is 18.4 Å². The molecule has 0 radical (unpaired) electrons. The van der Waals surface area contributed by atoms with Crippen molar-refractivity contribution in [3.8, 4) is 0 Å². The fourth-order valence-corrected chi connectivity index (χ4v) is 3.42. The Kier molecular flexibility index (Phi) is 6.19. The average Bonchev–Trinajstić information content (AvgIpc) is 2.73. The van der Waals surface area contributed by atoms with Gasteiger partial charge in [0.15, 0.2) is 0 Å². The van der Waals surface area contributed by atoms with Gasteiger partial charge in [-0.3, -0.25) is 0 Å². The molecule has 2 aromatic carbocycles. The minimum Gasteiger partial charge on any atom is -0.465 e. The Morgan fingerprint density at radius 2 is 1.61 bits per heavy atom. The van der Waals surface area contributed by atoms with Gasteiger partial charge in [0.25, 0.3) is 0 Å². The quantitative estimate of drug-likeness (QED) is 0.815. The highest BCUT2D eigenvalue weighted by Gasteiger charge is 2.23. The molecule has 0 unspecified atom stereocenters. The number of piperazine rings is 1. The number of ether oxygens (including phenoxy) is 1. The Labute approximate surface area is 166 Å². The zero-order valence-corrected chi connectivity index (χ0v) is 16.6. The van der Waals surface area contributed by atoms with Crippen LogP contribution < -0.4 is 10.2 Å². The van der Waals surface area contributed by atoms with Gasteiger partial charge in [0, 0.05) is 37.6 Å². The molecule has 1 fully saturated rings. The summed E-state index contributed by atoms with van der Waals surface area (Å²) in [5.41, 5.74) is 3.71. The van der Waals surface area contributed by atoms with Gasteiger partial charge in [0.05, 0.1) is 12.7 Å². The SMILES string of the molecule is COC(=O)c1ccc(NC(=O)N2CCN(c3ccccc3C(C)C)CC2)cc1. The summed E-state index contributed by atoms with van der Waals surface area (Å²) in [6.45, 7) is 7.34. The molecule has 2 amide bonds. The van der Waals surface area contributed by atoms with Gasteiger partial charge in [-0.05, 0) is 41.8 Å². The molecule has 0 spiro atoms. The van der Waals surface area contributed by atoms with Gasteiger partial charge in [-0.25, -0.2) is 9.59 Å². The largest absolute Gasteiger partial charge is 0.465 e. The third-order valence-corrected chi connectivity index (χ3v) is 5.02. The normalized spacial score (nSPS) is 14.1. The first-order valence-electron chi connectivity index (χ1n) is 9.57. The van der Waals surface area contributed by atoms with E-state index in [-0.39, 0.29) is 6.03 Å². The van der Waals surface area contributed by atoms with E-state index in [0.29, 0.717) is 30.3 Å². The first kappa shape index (κ1) is 19.7. The van der Waals surface area contributed by atoms with E-state index in [0.717, 1.165) is 13.1 Å². The van der Waals surface area contributed by atoms with Crippen molar-refractivity contribution in [2.45, 2.75) is 19.8 Å². The van der Waals surface area contributed by atoms with Crippen LogP contribution in [0.2, 0.25) is 0 Å². The van der Waals surface area contributed by atoms with Gasteiger partial charge in [-0.1, -0.05) is 32.0 Å². The van der Waals surface area contributed by atoms with Crippen molar-refractivity contribution >= 4 is 23.4 Å². The first-order chi connectivity index (χ1) is 13.5. The Hall–Kier alpha value is -3.02. The van der Waals surface area contributed by atoms with Crippen LogP contribution in [0.4, 0.5) is 16.2 Å². The number of methoxy groups -OCH3 is 1. The van der Waals surface area contributed by atoms with Crippen molar-refractivity contribution in [1.29, 1.82) is 0 Å². The van der Waals surface area contributed by atoms with Crippen molar-refractivity contribution in [2.75, 3.05) is 43.5 Å². The number of hydrogen-bond acceptors (Lipinski definition) is 4. The number of esters is 1. The molecule has 28 heavy (non-hydrogen) atoms. The van der Waals surface area contributed by atoms with Crippen LogP contribution in [0.3, 0.4) is 0 Å². The zero-order chi connectivity index (χ0) is 20.1. The van der Waals surface area contributed by atoms with Crippen LogP contribution in [0.1, 0.15) is 35.7 Å². The standard InChI is InChI=1S/C22H27N3O3/c1-16(2)19-6-4-5-7-20(19)24-12-14-25(15-13-24)22(27)23-18-10-8-17(9-11-18)21(26)28-3/h4-11,16H,12-15H2,1-3H3,(H,23,27). The lowest BCUT2D eigenvalue weighted by Gasteiger charge is -2.37. The van der Waals surface area contributed by atoms with Crippen LogP contribution in [-0.4, -0.2) is 50.2 Å². The molecule has 0 aliphatic carbocycles. The van der Waals surface area contributed by atoms with Crippen LogP contribution in [0, 0.1) is 0 Å². The van der Waals surface area contributed by atoms with Crippen LogP contribution in [0.25, 0.3) is 0 Å². The van der Waals surface area contributed by atoms with Gasteiger partial charge in [0.1, 0.15) is 0 Å². The molecule has 0 bridgehead atoms. The second-order valence-electron chi connectivity index (χ2n) is 7.19. The Morgan fingerprint density at radius 3 is 2.21 bits per heavy atom. The molecule has 148 valence electrons. The molecule has 6 heteroatoms. The molecular weight excluding hydrogens is 354 g/mol. The Bertz CT molecular complexity index is 825. The van der Waals surface area contributed by atoms with Gasteiger partial charge >= 0.3 is 12.0 Å². The topological polar surface area (TPSA) is 61.9 Å². The smallest absolute Gasteiger partial charge is 0.337 e. The fraction of sp³-hybridized carbons (Fsp3) is 0.364. The van der Waals surface area contributed by atoms with Gasteiger partial charge < -0.3 is 19.9 Å². The van der Waals surface area contributed by atoms with E-state index in [2.05, 4.69) is 53.1 Å². The summed E-state index contributed by atoms with van der Waals surface area (Å²) in [6, 6.07) is 15.1. The van der Waals surface area contributed by atoms with Crippen LogP contribution in [0.15, 0.2) is 48.5 Å². The number of benzene rings is 2. The minimum atomic E-state index is -0.393. The number of nitrogens with zero attached hydrogens (tertiary/aromatic N) is 2. The third-order valence-electron chi connectivity index (χ3n) is 5.02. The monoisotopic (exact) mass is 381 g/mol. The van der Waals surface area contributed by atoms with E-state index in [4.69, 9.17) is 0 Å². The Morgan fingerprint density at radius 1 is 0.964 bits per heavy atom. The molecular formula is C22H27N3O3. The van der Waals surface area contributed by atoms with Gasteiger partial charge in [-0.2, -0.15) is 0 Å². The summed E-state index contributed by atoms with van der Waals surface area (Å²) >= 11 is 0. The number of hydrogen-bond donors (Lipinski definition) is 1. The molecule has 1 N–H and O–H groups in total. The van der Waals surface area contributed by atoms with Crippen LogP contribution in [-0.2, 0) is 4.74 Å². The summed E-state index contributed by atoms with van der Waals surface area (Å²) in [5, 5.41) is 2.90. The second kappa shape index (κ2) is 8.78. The van der Waals surface area contributed by atoms with Crippen molar-refractivity contribution < 1.29 is 14.3 Å². The van der Waals surface area contributed by atoms with E-state index in [1.807, 2.05) is 4.90 Å². The molecule has 0 saturated carbocycles. The summed E-state index contributed by atoms with van der Waals surface area (Å²) < 4.78 is 4.68. The maximum Gasteiger partial charge on any atom is 0.337 e. The molecule has 3 rings (SSSR count). The zero-order valence-electron chi connectivity index (χ0n) is 16.6. The summed E-state index contributed by atoms with van der Waals surface area (Å²) in [7, 11) is 1.34. The minimum absolute atomic E-state index is 0.123. The van der Waals surface area contributed by atoms with Crippen molar-refractivity contribution in [1.82, 2.24) is 4.90 Å². The molecule has 2 aromatic rings. The van der Waals surface area contributed by atoms with Crippen LogP contribution >= 0.6 is 0 Å². The lowest BCUT2D eigenvalue weighted by atomic mass is 10.00. The summed E-state index contributed by atoms with van der Waals surface area (Å²) in [6.07, 6.45) is 0. The molecule has 1 aliphatic rings. The first-order valence-corrected chi connectivity index (χ1v) is 9.57. The van der Waals surface area contributed by atoms with E-state index in [9.17, 15) is 9.59 Å². The fourth-order valence-electron chi connectivity index (χ4n) is 3.42. The summed E-state index contributed by atoms with van der Waals surface area (Å²) in [4.78, 5) is 28.2. The maximum atomic E-state index is 12.6. The van der Waals surface area contributed by atoms with Gasteiger partial charge in [0.2, 0.25) is 0 Å². The molecule has 1 heterocycles. The maximum absolute atomic E-state index is 12.6. The van der Waals surface area contributed by atoms with Crippen molar-refractivity contribution in [3.63, 3.8) is 0 Å². The number of urea groups is 1. The highest BCUT2D eigenvalue weighted by molar-refractivity contribution is 5.92. The number of nitrogens with one attached hydrogen (secondary N) is 1. The average molecular weight is 381 g/mol. The lowest BCUT2D eigenvalue weighted by Crippen LogP contribution is -2.50. The number of amides is 2. The molecule has 1 saturated heterocycles. The van der Waals surface area contributed by atoms with Crippen molar-refractivity contribution in [2.24, 2.45) is 0 Å². The second-order valence-corrected chi connectivity index (χ2v) is 7.19. The summed E-state index contributed by atoms with van der Waals surface area (Å²) in [5.74, 6) is 0.0705.